The summed E-state index contributed by atoms with van der Waals surface area (Å²) in [5.74, 6) is -1.34. The number of rotatable bonds is 10. The SMILES string of the molecule is CCCN1C[C@H](C)C[C@@](C)(OC)[C@H](O[C@@H]2O[C@H](C)C[C@H](N(C)C)[C@H]2O)[C@@H](C)C(=O)C(C)(C)C(=O)OC[C@@H]1CCCN1CCCC1. The molecule has 3 fully saturated rings. The average molecular weight is 640 g/mol. The Hall–Kier alpha value is -1.14. The number of hydrogen-bond acceptors (Lipinski definition) is 10. The summed E-state index contributed by atoms with van der Waals surface area (Å²) in [6.07, 6.45) is 3.99. The normalized spacial score (nSPS) is 38.0. The van der Waals surface area contributed by atoms with Crippen LogP contribution in [0.15, 0.2) is 0 Å². The van der Waals surface area contributed by atoms with Crippen molar-refractivity contribution in [3.05, 3.63) is 0 Å². The summed E-state index contributed by atoms with van der Waals surface area (Å²) in [6.45, 7) is 18.8. The van der Waals surface area contributed by atoms with Crippen LogP contribution in [0, 0.1) is 17.3 Å². The average Bonchev–Trinajstić information content (AvgIpc) is 3.50. The van der Waals surface area contributed by atoms with E-state index in [1.54, 1.807) is 27.9 Å². The zero-order chi connectivity index (χ0) is 33.5. The minimum Gasteiger partial charge on any atom is -0.463 e. The van der Waals surface area contributed by atoms with E-state index in [1.165, 1.54) is 25.9 Å². The van der Waals surface area contributed by atoms with Crippen LogP contribution in [-0.2, 0) is 28.5 Å². The van der Waals surface area contributed by atoms with Crippen molar-refractivity contribution in [2.75, 3.05) is 60.5 Å². The topological polar surface area (TPSA) is 101 Å². The third kappa shape index (κ3) is 9.71. The van der Waals surface area contributed by atoms with E-state index in [-0.39, 0.29) is 36.5 Å². The van der Waals surface area contributed by atoms with Crippen LogP contribution in [0.4, 0.5) is 0 Å². The number of esters is 1. The number of hydrogen-bond donors (Lipinski definition) is 1. The van der Waals surface area contributed by atoms with Gasteiger partial charge in [-0.25, -0.2) is 0 Å². The van der Waals surface area contributed by atoms with Gasteiger partial charge in [-0.1, -0.05) is 20.8 Å². The van der Waals surface area contributed by atoms with Gasteiger partial charge in [-0.3, -0.25) is 14.5 Å². The summed E-state index contributed by atoms with van der Waals surface area (Å²) in [7, 11) is 5.53. The van der Waals surface area contributed by atoms with Gasteiger partial charge >= 0.3 is 5.97 Å². The quantitative estimate of drug-likeness (QED) is 0.279. The molecule has 1 N–H and O–H groups in total. The standard InChI is InChI=1S/C35H65N3O7/c1-11-16-38-22-24(2)21-35(7,42-10)31(45-32-29(39)28(36(8)9)20-25(3)44-32)26(4)30(40)34(5,6)33(41)43-23-27(38)15-14-19-37-17-12-13-18-37/h24-29,31-32,39H,11-23H2,1-10H3/t24-,25-,26+,27+,28+,29-,31-,32+,35-/m1/s1. The number of likely N-dealkylation sites (tertiary alicyclic amines) is 1. The van der Waals surface area contributed by atoms with Crippen LogP contribution in [0.2, 0.25) is 0 Å². The summed E-state index contributed by atoms with van der Waals surface area (Å²) < 4.78 is 25.1. The van der Waals surface area contributed by atoms with Crippen molar-refractivity contribution in [3.63, 3.8) is 0 Å². The van der Waals surface area contributed by atoms with E-state index in [4.69, 9.17) is 18.9 Å². The third-order valence-electron chi connectivity index (χ3n) is 10.6. The van der Waals surface area contributed by atoms with E-state index < -0.39 is 41.4 Å². The maximum Gasteiger partial charge on any atom is 0.319 e. The maximum atomic E-state index is 14.2. The van der Waals surface area contributed by atoms with Gasteiger partial charge in [0.25, 0.3) is 0 Å². The summed E-state index contributed by atoms with van der Waals surface area (Å²) in [4.78, 5) is 34.9. The van der Waals surface area contributed by atoms with Crippen LogP contribution in [0.5, 0.6) is 0 Å². The fourth-order valence-electron chi connectivity index (χ4n) is 7.86. The fourth-order valence-corrected chi connectivity index (χ4v) is 7.86. The van der Waals surface area contributed by atoms with Crippen LogP contribution in [0.1, 0.15) is 93.4 Å². The first kappa shape index (κ1) is 38.3. The highest BCUT2D eigenvalue weighted by Crippen LogP contribution is 2.38. The highest BCUT2D eigenvalue weighted by atomic mass is 16.7. The lowest BCUT2D eigenvalue weighted by Gasteiger charge is -2.47. The molecular weight excluding hydrogens is 574 g/mol. The summed E-state index contributed by atoms with van der Waals surface area (Å²) >= 11 is 0. The third-order valence-corrected chi connectivity index (χ3v) is 10.6. The van der Waals surface area contributed by atoms with Crippen molar-refractivity contribution in [3.8, 4) is 0 Å². The smallest absolute Gasteiger partial charge is 0.319 e. The van der Waals surface area contributed by atoms with Crippen molar-refractivity contribution >= 4 is 11.8 Å². The molecule has 0 amide bonds. The summed E-state index contributed by atoms with van der Waals surface area (Å²) in [5.41, 5.74) is -2.29. The van der Waals surface area contributed by atoms with Crippen LogP contribution in [0.3, 0.4) is 0 Å². The lowest BCUT2D eigenvalue weighted by Crippen LogP contribution is -2.59. The van der Waals surface area contributed by atoms with Gasteiger partial charge in [-0.2, -0.15) is 0 Å². The number of Topliss-reactive ketones (excluding diaryl/α,β-unsaturated/α-hetero) is 1. The first-order valence-corrected chi connectivity index (χ1v) is 17.5. The second-order valence-electron chi connectivity index (χ2n) is 15.2. The lowest BCUT2D eigenvalue weighted by molar-refractivity contribution is -0.295. The molecule has 0 unspecified atom stereocenters. The van der Waals surface area contributed by atoms with E-state index in [0.717, 1.165) is 38.9 Å². The number of likely N-dealkylation sites (N-methyl/N-ethyl adjacent to an activating group) is 1. The molecule has 3 saturated heterocycles. The van der Waals surface area contributed by atoms with E-state index >= 15 is 0 Å². The zero-order valence-corrected chi connectivity index (χ0v) is 30.0. The van der Waals surface area contributed by atoms with Crippen molar-refractivity contribution < 1.29 is 33.6 Å². The monoisotopic (exact) mass is 639 g/mol. The van der Waals surface area contributed by atoms with Crippen LogP contribution in [0.25, 0.3) is 0 Å². The molecule has 0 aromatic carbocycles. The van der Waals surface area contributed by atoms with Crippen molar-refractivity contribution in [2.45, 2.75) is 136 Å². The number of cyclic esters (lactones) is 1. The van der Waals surface area contributed by atoms with E-state index in [1.807, 2.05) is 32.8 Å². The highest BCUT2D eigenvalue weighted by molar-refractivity contribution is 6.04. The van der Waals surface area contributed by atoms with Gasteiger partial charge in [0.05, 0.1) is 17.8 Å². The Bertz CT molecular complexity index is 942. The first-order valence-electron chi connectivity index (χ1n) is 17.5. The highest BCUT2D eigenvalue weighted by Gasteiger charge is 2.51. The molecule has 0 aromatic rings. The van der Waals surface area contributed by atoms with Crippen molar-refractivity contribution in [1.82, 2.24) is 14.7 Å². The van der Waals surface area contributed by atoms with Crippen LogP contribution >= 0.6 is 0 Å². The van der Waals surface area contributed by atoms with Gasteiger partial charge < -0.3 is 33.9 Å². The Labute approximate surface area is 273 Å². The van der Waals surface area contributed by atoms with Crippen LogP contribution < -0.4 is 0 Å². The molecule has 3 heterocycles. The minimum absolute atomic E-state index is 0.0686. The van der Waals surface area contributed by atoms with Crippen molar-refractivity contribution in [2.24, 2.45) is 17.3 Å². The Morgan fingerprint density at radius 2 is 1.73 bits per heavy atom. The van der Waals surface area contributed by atoms with Gasteiger partial charge in [0, 0.05) is 31.7 Å². The minimum atomic E-state index is -1.39. The lowest BCUT2D eigenvalue weighted by atomic mass is 9.74. The molecule has 10 heteroatoms. The largest absolute Gasteiger partial charge is 0.463 e. The fraction of sp³-hybridized carbons (Fsp3) is 0.943. The number of aliphatic hydroxyl groups excluding tert-OH is 1. The van der Waals surface area contributed by atoms with Gasteiger partial charge in [-0.15, -0.1) is 0 Å². The molecule has 0 bridgehead atoms. The number of nitrogens with zero attached hydrogens (tertiary/aromatic N) is 3. The number of aliphatic hydroxyl groups is 1. The number of ether oxygens (including phenoxy) is 4. The van der Waals surface area contributed by atoms with E-state index in [9.17, 15) is 14.7 Å². The Morgan fingerprint density at radius 3 is 2.33 bits per heavy atom. The van der Waals surface area contributed by atoms with Gasteiger partial charge in [0.1, 0.15) is 18.1 Å². The predicted molar refractivity (Wildman–Crippen MR) is 176 cm³/mol. The maximum absolute atomic E-state index is 14.2. The van der Waals surface area contributed by atoms with Crippen molar-refractivity contribution in [1.29, 1.82) is 0 Å². The van der Waals surface area contributed by atoms with E-state index in [2.05, 4.69) is 23.6 Å². The van der Waals surface area contributed by atoms with E-state index in [0.29, 0.717) is 12.8 Å². The number of methoxy groups -OCH3 is 1. The molecule has 0 aromatic heterocycles. The molecule has 262 valence electrons. The van der Waals surface area contributed by atoms with Gasteiger partial charge in [-0.05, 0) is 119 Å². The Balaban J connectivity index is 1.95. The van der Waals surface area contributed by atoms with Crippen LogP contribution in [-0.4, -0.2) is 134 Å². The van der Waals surface area contributed by atoms with Gasteiger partial charge in [0.2, 0.25) is 0 Å². The molecule has 3 aliphatic heterocycles. The molecule has 3 aliphatic rings. The number of ketones is 1. The summed E-state index contributed by atoms with van der Waals surface area (Å²) in [5, 5.41) is 11.3. The Morgan fingerprint density at radius 1 is 1.07 bits per heavy atom. The summed E-state index contributed by atoms with van der Waals surface area (Å²) in [6, 6.07) is -0.0946. The molecule has 45 heavy (non-hydrogen) atoms. The molecule has 0 radical (unpaired) electrons. The number of carbonyl (C=O) groups excluding carboxylic acids is 2. The molecule has 0 spiro atoms. The molecular formula is C35H65N3O7. The molecule has 3 rings (SSSR count). The molecule has 0 aliphatic carbocycles. The predicted octanol–water partition coefficient (Wildman–Crippen LogP) is 3.97. The molecule has 0 saturated carbocycles. The Kier molecular flexibility index (Phi) is 14.3. The molecule has 9 atom stereocenters. The number of carbonyl (C=O) groups is 2. The molecule has 10 nitrogen and oxygen atoms in total. The van der Waals surface area contributed by atoms with Gasteiger partial charge in [0.15, 0.2) is 12.1 Å². The first-order chi connectivity index (χ1) is 21.1. The zero-order valence-electron chi connectivity index (χ0n) is 30.0. The second kappa shape index (κ2) is 16.8. The second-order valence-corrected chi connectivity index (χ2v) is 15.2.